The van der Waals surface area contributed by atoms with Crippen molar-refractivity contribution in [3.8, 4) is 0 Å². The van der Waals surface area contributed by atoms with Crippen LogP contribution in [0.4, 0.5) is 0 Å². The maximum absolute atomic E-state index is 12.4. The van der Waals surface area contributed by atoms with E-state index in [2.05, 4.69) is 10.2 Å². The van der Waals surface area contributed by atoms with Crippen LogP contribution in [0.25, 0.3) is 0 Å². The number of rotatable bonds is 5. The molecule has 1 aromatic rings. The molecule has 3 saturated heterocycles. The monoisotopic (exact) mass is 334 g/mol. The van der Waals surface area contributed by atoms with Crippen molar-refractivity contribution in [3.05, 3.63) is 24.2 Å². The Hall–Kier alpha value is -1.37. The fourth-order valence-electron chi connectivity index (χ4n) is 4.11. The van der Waals surface area contributed by atoms with Gasteiger partial charge in [-0.15, -0.1) is 0 Å². The largest absolute Gasteiger partial charge is 0.468 e. The third-order valence-corrected chi connectivity index (χ3v) is 5.53. The van der Waals surface area contributed by atoms with Crippen molar-refractivity contribution in [1.82, 2.24) is 10.2 Å². The van der Waals surface area contributed by atoms with E-state index >= 15 is 0 Å². The summed E-state index contributed by atoms with van der Waals surface area (Å²) in [6, 6.07) is 4.25. The van der Waals surface area contributed by atoms with Gasteiger partial charge >= 0.3 is 0 Å². The van der Waals surface area contributed by atoms with Crippen LogP contribution in [0.1, 0.15) is 31.4 Å². The van der Waals surface area contributed by atoms with Crippen molar-refractivity contribution in [3.63, 3.8) is 0 Å². The first-order chi connectivity index (χ1) is 11.8. The van der Waals surface area contributed by atoms with E-state index < -0.39 is 0 Å². The van der Waals surface area contributed by atoms with E-state index in [0.29, 0.717) is 12.0 Å². The molecule has 0 unspecified atom stereocenters. The van der Waals surface area contributed by atoms with Gasteiger partial charge in [0.2, 0.25) is 5.91 Å². The standard InChI is InChI=1S/C18H26N2O4/c21-18(19-11-13-4-8-22-9-5-13)17-10-15-16(24-17)3-6-20(15)12-14-2-1-7-23-14/h1-2,7,13,15-17H,3-6,8-12H2,(H,19,21)/t15-,16-,17+/m1/s1. The van der Waals surface area contributed by atoms with Crippen LogP contribution in [0.15, 0.2) is 22.8 Å². The minimum absolute atomic E-state index is 0.0499. The highest BCUT2D eigenvalue weighted by atomic mass is 16.5. The number of carbonyl (C=O) groups is 1. The highest BCUT2D eigenvalue weighted by molar-refractivity contribution is 5.81. The van der Waals surface area contributed by atoms with Gasteiger partial charge in [0.15, 0.2) is 0 Å². The van der Waals surface area contributed by atoms with Crippen LogP contribution in [-0.4, -0.2) is 55.4 Å². The van der Waals surface area contributed by atoms with Gasteiger partial charge in [-0.1, -0.05) is 0 Å². The predicted octanol–water partition coefficient (Wildman–Crippen LogP) is 1.55. The molecule has 3 aliphatic rings. The molecule has 24 heavy (non-hydrogen) atoms. The lowest BCUT2D eigenvalue weighted by atomic mass is 10.0. The Morgan fingerprint density at radius 2 is 2.17 bits per heavy atom. The second kappa shape index (κ2) is 7.25. The van der Waals surface area contributed by atoms with Gasteiger partial charge in [-0.2, -0.15) is 0 Å². The van der Waals surface area contributed by atoms with Crippen molar-refractivity contribution in [2.75, 3.05) is 26.3 Å². The van der Waals surface area contributed by atoms with E-state index in [9.17, 15) is 4.79 Å². The highest BCUT2D eigenvalue weighted by Crippen LogP contribution is 2.34. The van der Waals surface area contributed by atoms with Crippen LogP contribution in [0.3, 0.4) is 0 Å². The normalized spacial score (nSPS) is 31.2. The fraction of sp³-hybridized carbons (Fsp3) is 0.722. The van der Waals surface area contributed by atoms with E-state index in [1.165, 1.54) is 0 Å². The molecular weight excluding hydrogens is 308 g/mol. The number of nitrogens with one attached hydrogen (secondary N) is 1. The SMILES string of the molecule is O=C(NCC1CCOCC1)[C@@H]1C[C@@H]2[C@@H](CCN2Cc2ccco2)O1. The fourth-order valence-corrected chi connectivity index (χ4v) is 4.11. The smallest absolute Gasteiger partial charge is 0.249 e. The molecule has 1 amide bonds. The van der Waals surface area contributed by atoms with E-state index in [1.54, 1.807) is 6.26 Å². The quantitative estimate of drug-likeness (QED) is 0.885. The number of carbonyl (C=O) groups excluding carboxylic acids is 1. The van der Waals surface area contributed by atoms with E-state index in [1.807, 2.05) is 12.1 Å². The first kappa shape index (κ1) is 16.1. The molecule has 3 aliphatic heterocycles. The van der Waals surface area contributed by atoms with Gasteiger partial charge in [-0.3, -0.25) is 9.69 Å². The molecule has 6 nitrogen and oxygen atoms in total. The van der Waals surface area contributed by atoms with Crippen molar-refractivity contribution in [2.45, 2.75) is 50.5 Å². The molecule has 0 saturated carbocycles. The summed E-state index contributed by atoms with van der Waals surface area (Å²) in [5, 5.41) is 3.09. The molecule has 0 radical (unpaired) electrons. The number of furan rings is 1. The van der Waals surface area contributed by atoms with Crippen molar-refractivity contribution < 1.29 is 18.7 Å². The lowest BCUT2D eigenvalue weighted by Crippen LogP contribution is -2.39. The van der Waals surface area contributed by atoms with Gasteiger partial charge in [0, 0.05) is 38.8 Å². The van der Waals surface area contributed by atoms with Crippen LogP contribution in [0, 0.1) is 5.92 Å². The van der Waals surface area contributed by atoms with E-state index in [-0.39, 0.29) is 18.1 Å². The Morgan fingerprint density at radius 1 is 1.29 bits per heavy atom. The average molecular weight is 334 g/mol. The summed E-state index contributed by atoms with van der Waals surface area (Å²) in [6.45, 7) is 4.17. The summed E-state index contributed by atoms with van der Waals surface area (Å²) < 4.78 is 16.8. The Labute approximate surface area is 142 Å². The molecule has 3 atom stereocenters. The molecule has 132 valence electrons. The summed E-state index contributed by atoms with van der Waals surface area (Å²) in [4.78, 5) is 14.8. The minimum Gasteiger partial charge on any atom is -0.468 e. The predicted molar refractivity (Wildman–Crippen MR) is 87.4 cm³/mol. The molecule has 0 aliphatic carbocycles. The van der Waals surface area contributed by atoms with Gasteiger partial charge in [-0.05, 0) is 37.3 Å². The summed E-state index contributed by atoms with van der Waals surface area (Å²) in [5.74, 6) is 1.57. The first-order valence-electron chi connectivity index (χ1n) is 9.07. The minimum atomic E-state index is -0.306. The van der Waals surface area contributed by atoms with Gasteiger partial charge in [0.25, 0.3) is 0 Å². The zero-order valence-corrected chi connectivity index (χ0v) is 14.0. The number of nitrogens with zero attached hydrogens (tertiary/aromatic N) is 1. The molecule has 1 aromatic heterocycles. The lowest BCUT2D eigenvalue weighted by molar-refractivity contribution is -0.132. The number of hydrogen-bond donors (Lipinski definition) is 1. The maximum Gasteiger partial charge on any atom is 0.249 e. The Bertz CT molecular complexity index is 541. The Balaban J connectivity index is 1.27. The van der Waals surface area contributed by atoms with Crippen LogP contribution in [0.2, 0.25) is 0 Å². The second-order valence-corrected chi connectivity index (χ2v) is 7.11. The summed E-state index contributed by atoms with van der Waals surface area (Å²) >= 11 is 0. The third-order valence-electron chi connectivity index (χ3n) is 5.53. The van der Waals surface area contributed by atoms with Gasteiger partial charge in [0.05, 0.1) is 18.9 Å². The molecule has 0 bridgehead atoms. The van der Waals surface area contributed by atoms with E-state index in [4.69, 9.17) is 13.9 Å². The van der Waals surface area contributed by atoms with E-state index in [0.717, 1.165) is 64.3 Å². The zero-order valence-electron chi connectivity index (χ0n) is 14.0. The summed E-state index contributed by atoms with van der Waals surface area (Å²) in [5.41, 5.74) is 0. The maximum atomic E-state index is 12.4. The zero-order chi connectivity index (χ0) is 16.4. The third kappa shape index (κ3) is 3.50. The van der Waals surface area contributed by atoms with Crippen molar-refractivity contribution >= 4 is 5.91 Å². The summed E-state index contributed by atoms with van der Waals surface area (Å²) in [6.07, 6.45) is 5.43. The van der Waals surface area contributed by atoms with Crippen LogP contribution in [0.5, 0.6) is 0 Å². The number of likely N-dealkylation sites (tertiary alicyclic amines) is 1. The number of fused-ring (bicyclic) bond motifs is 1. The molecule has 4 rings (SSSR count). The van der Waals surface area contributed by atoms with Crippen LogP contribution in [-0.2, 0) is 20.8 Å². The first-order valence-corrected chi connectivity index (χ1v) is 9.07. The van der Waals surface area contributed by atoms with Crippen molar-refractivity contribution in [2.24, 2.45) is 5.92 Å². The van der Waals surface area contributed by atoms with Gasteiger partial charge < -0.3 is 19.2 Å². The molecule has 0 aromatic carbocycles. The number of amides is 1. The lowest BCUT2D eigenvalue weighted by Gasteiger charge is -2.23. The molecule has 1 N–H and O–H groups in total. The molecule has 4 heterocycles. The van der Waals surface area contributed by atoms with Gasteiger partial charge in [0.1, 0.15) is 11.9 Å². The molecular formula is C18H26N2O4. The second-order valence-electron chi connectivity index (χ2n) is 7.11. The van der Waals surface area contributed by atoms with Crippen LogP contribution < -0.4 is 5.32 Å². The van der Waals surface area contributed by atoms with Crippen LogP contribution >= 0.6 is 0 Å². The Kier molecular flexibility index (Phi) is 4.87. The summed E-state index contributed by atoms with van der Waals surface area (Å²) in [7, 11) is 0. The number of ether oxygens (including phenoxy) is 2. The highest BCUT2D eigenvalue weighted by Gasteiger charge is 2.45. The topological polar surface area (TPSA) is 63.9 Å². The average Bonchev–Trinajstić information content (AvgIpc) is 3.32. The Morgan fingerprint density at radius 3 is 2.96 bits per heavy atom. The van der Waals surface area contributed by atoms with Gasteiger partial charge in [-0.25, -0.2) is 0 Å². The number of hydrogen-bond acceptors (Lipinski definition) is 5. The molecule has 6 heteroatoms. The molecule has 0 spiro atoms. The van der Waals surface area contributed by atoms with Crippen molar-refractivity contribution in [1.29, 1.82) is 0 Å². The molecule has 3 fully saturated rings.